The quantitative estimate of drug-likeness (QED) is 0.0360. The molecule has 134 heavy (non-hydrogen) atoms. The summed E-state index contributed by atoms with van der Waals surface area (Å²) in [4.78, 5) is 85.6. The minimum Gasteiger partial charge on any atom is -0.497 e. The summed E-state index contributed by atoms with van der Waals surface area (Å²) < 4.78 is 156. The van der Waals surface area contributed by atoms with Gasteiger partial charge in [-0.1, -0.05) is 13.0 Å². The number of carbonyl (C=O) groups excluding carboxylic acids is 4. The largest absolute Gasteiger partial charge is 0.497 e. The Morgan fingerprint density at radius 1 is 0.381 bits per heavy atom. The molecule has 0 atom stereocenters. The summed E-state index contributed by atoms with van der Waals surface area (Å²) in [5.74, 6) is 4.80. The molecule has 0 spiro atoms. The van der Waals surface area contributed by atoms with Crippen LogP contribution in [0, 0.1) is 0 Å². The number of aromatic nitrogens is 10. The van der Waals surface area contributed by atoms with Crippen LogP contribution in [0.3, 0.4) is 0 Å². The monoisotopic (exact) mass is 1850 g/mol. The number of benzene rings is 8. The lowest BCUT2D eigenvalue weighted by Crippen LogP contribution is -2.45. The van der Waals surface area contributed by atoms with E-state index in [0.29, 0.717) is 118 Å². The maximum Gasteiger partial charge on any atom is 0.387 e. The second-order valence-corrected chi connectivity index (χ2v) is 31.3. The summed E-state index contributed by atoms with van der Waals surface area (Å²) in [6, 6.07) is 61.9. The zero-order valence-electron chi connectivity index (χ0n) is 75.9. The number of hydrogen-bond acceptors (Lipinski definition) is 20. The van der Waals surface area contributed by atoms with E-state index in [4.69, 9.17) is 37.5 Å². The number of nitrogens with zero attached hydrogens (tertiary/aromatic N) is 18. The van der Waals surface area contributed by atoms with Gasteiger partial charge in [0.15, 0.2) is 6.61 Å². The molecule has 0 saturated carbocycles. The summed E-state index contributed by atoms with van der Waals surface area (Å²) in [6.45, 7) is 0.653. The maximum atomic E-state index is 13.9. The first-order valence-electron chi connectivity index (χ1n) is 43.4. The number of pyridine rings is 4. The van der Waals surface area contributed by atoms with Crippen molar-refractivity contribution >= 4 is 137 Å². The van der Waals surface area contributed by atoms with Gasteiger partial charge in [0.1, 0.15) is 58.7 Å². The molecule has 4 aliphatic rings. The highest BCUT2D eigenvalue weighted by Crippen LogP contribution is 2.45. The molecule has 4 aliphatic heterocycles. The van der Waals surface area contributed by atoms with Crippen LogP contribution in [0.1, 0.15) is 47.1 Å². The molecule has 0 N–H and O–H groups in total. The highest BCUT2D eigenvalue weighted by Gasteiger charge is 2.40. The van der Waals surface area contributed by atoms with E-state index >= 15 is 0 Å². The number of alkyl halides is 7. The number of fused-ring (bicyclic) bond motifs is 7. The maximum absolute atomic E-state index is 13.9. The van der Waals surface area contributed by atoms with E-state index in [0.717, 1.165) is 66.4 Å². The molecule has 688 valence electrons. The van der Waals surface area contributed by atoms with Gasteiger partial charge in [0.2, 0.25) is 17.6 Å². The lowest BCUT2D eigenvalue weighted by molar-refractivity contribution is -0.0505. The molecule has 0 aliphatic carbocycles. The predicted molar refractivity (Wildman–Crippen MR) is 494 cm³/mol. The van der Waals surface area contributed by atoms with Gasteiger partial charge < -0.3 is 37.9 Å². The van der Waals surface area contributed by atoms with Crippen molar-refractivity contribution in [2.24, 2.45) is 14.1 Å². The van der Waals surface area contributed by atoms with Crippen LogP contribution in [-0.4, -0.2) is 147 Å². The van der Waals surface area contributed by atoms with Crippen LogP contribution < -0.4 is 77.1 Å². The Morgan fingerprint density at radius 2 is 0.709 bits per heavy atom. The Balaban J connectivity index is 0.000000133. The van der Waals surface area contributed by atoms with E-state index in [1.165, 1.54) is 91.0 Å². The molecule has 8 aromatic carbocycles. The zero-order chi connectivity index (χ0) is 96.5. The second kappa shape index (κ2) is 40.6. The Labute approximate surface area is 771 Å². The van der Waals surface area contributed by atoms with Gasteiger partial charge >= 0.3 is 37.3 Å². The normalized spacial score (nSPS) is 13.8. The van der Waals surface area contributed by atoms with E-state index in [9.17, 15) is 49.9 Å². The molecule has 7 aromatic heterocycles. The van der Waals surface area contributed by atoms with Gasteiger partial charge in [-0.3, -0.25) is 33.6 Å². The molecule has 0 saturated heterocycles. The fourth-order valence-electron chi connectivity index (χ4n) is 15.3. The van der Waals surface area contributed by atoms with Gasteiger partial charge in [-0.05, 0) is 220 Å². The van der Waals surface area contributed by atoms with E-state index in [1.807, 2.05) is 119 Å². The SMILES string of the molecule is CCOc1ccc2c(n1)N(c1ccc(OC(F)F)cc1)C(=O)N(c1ccc(OC)cc1)C2.CCOc1ccc2c(n1)N(c1ccc(OC(F)F)cc1)C(=O)N(c1ccc3nn(C)cc3c1)C2.CCSc1ccc2c(n1)N(c1ccc(OC)cc1)C(=O)N(c1ccc3nn(C)cc3c1)C2.[2H]C([2H])([2H])Oc1ccc(N2C(=O)N(c3ccc4nn(CCF)cc4c3)Cc3ccc(OCC(F)F)nc32)cc1. The van der Waals surface area contributed by atoms with Gasteiger partial charge in [-0.25, -0.2) is 56.9 Å². The van der Waals surface area contributed by atoms with Crippen LogP contribution in [0.25, 0.3) is 32.7 Å². The average molecular weight is 1850 g/mol. The Morgan fingerprint density at radius 3 is 1.06 bits per heavy atom. The molecule has 8 amide bonds. The Bertz CT molecular complexity index is 6880. The molecule has 0 fully saturated rings. The highest BCUT2D eigenvalue weighted by molar-refractivity contribution is 7.99. The number of halogens is 7. The zero-order valence-corrected chi connectivity index (χ0v) is 73.7. The third-order valence-corrected chi connectivity index (χ3v) is 22.2. The van der Waals surface area contributed by atoms with Crippen molar-refractivity contribution in [3.63, 3.8) is 0 Å². The highest BCUT2D eigenvalue weighted by atomic mass is 32.2. The number of rotatable bonds is 26. The van der Waals surface area contributed by atoms with Crippen molar-refractivity contribution in [1.82, 2.24) is 49.3 Å². The molecule has 30 nitrogen and oxygen atoms in total. The number of amides is 8. The summed E-state index contributed by atoms with van der Waals surface area (Å²) in [5, 5.41) is 16.7. The number of thioether (sulfide) groups is 1. The van der Waals surface area contributed by atoms with E-state index in [-0.39, 0.29) is 60.1 Å². The fourth-order valence-corrected chi connectivity index (χ4v) is 15.9. The third-order valence-electron chi connectivity index (χ3n) is 21.4. The van der Waals surface area contributed by atoms with Crippen molar-refractivity contribution in [2.45, 2.75) is 78.2 Å². The van der Waals surface area contributed by atoms with Crippen molar-refractivity contribution in [1.29, 1.82) is 0 Å². The van der Waals surface area contributed by atoms with E-state index < -0.39 is 46.0 Å². The first-order valence-corrected chi connectivity index (χ1v) is 42.9. The number of hydrogen-bond donors (Lipinski definition) is 0. The molecule has 0 bridgehead atoms. The van der Waals surface area contributed by atoms with E-state index in [1.54, 1.807) is 134 Å². The minimum atomic E-state index is -2.93. The topological polar surface area (TPSA) is 273 Å². The van der Waals surface area contributed by atoms with Crippen LogP contribution in [0.15, 0.2) is 248 Å². The van der Waals surface area contributed by atoms with Crippen molar-refractivity contribution in [3.05, 3.63) is 265 Å². The third kappa shape index (κ3) is 20.2. The molecule has 38 heteroatoms. The second-order valence-electron chi connectivity index (χ2n) is 30.0. The van der Waals surface area contributed by atoms with Gasteiger partial charge in [-0.15, -0.1) is 11.8 Å². The number of anilines is 12. The van der Waals surface area contributed by atoms with Gasteiger partial charge in [-0.2, -0.15) is 47.8 Å². The number of ether oxygens (including phenoxy) is 8. The molecular formula is C96H87F7N18O12S. The lowest BCUT2D eigenvalue weighted by atomic mass is 10.1. The van der Waals surface area contributed by atoms with Gasteiger partial charge in [0.05, 0.1) is 116 Å². The standard InChI is InChI=1S/C25H22F3N5O3.C24H21F2N5O3.C24H23N5O2S.C23H21F2N3O4/c1-35-20-6-3-18(4-7-20)33-24-16(2-9-23(29-24)36-15-22(27)28)14-32(25(33)34)19-5-8-21-17(12-19)13-31(30-21)11-10-26;1-3-33-21-11-4-15-14-30(18-7-10-20-16(12-18)13-29(2)28-20)24(32)31(22(15)27-21)17-5-8-19(9-6-17)34-23(25)26;1-4-32-22-12-5-16-15-28(19-8-11-21-17(13-19)14-27(2)26-21)24(30)29(23(16)25-22)18-6-9-20(31-3)10-7-18;1-3-31-20-13-4-15-14-27(16-5-9-18(30-2)10-6-16)23(29)28(21(15)26-20)17-7-11-19(12-8-17)32-22(24)25/h2-9,12-13,22H,10-11,14-15H2,1H3;4-13,23H,3,14H2,1-2H3;5-14H,4,15H2,1-3H3;4-13,22H,3,14H2,1-2H3/i1D3;;;. The van der Waals surface area contributed by atoms with Crippen LogP contribution in [0.4, 0.5) is 119 Å². The Hall–Kier alpha value is -15.9. The predicted octanol–water partition coefficient (Wildman–Crippen LogP) is 21.3. The summed E-state index contributed by atoms with van der Waals surface area (Å²) in [7, 11) is 4.28. The van der Waals surface area contributed by atoms with E-state index in [2.05, 4.69) is 52.7 Å². The molecule has 11 heterocycles. The van der Waals surface area contributed by atoms with Crippen molar-refractivity contribution in [3.8, 4) is 46.4 Å². The number of aryl methyl sites for hydroxylation is 3. The molecule has 19 rings (SSSR count). The smallest absolute Gasteiger partial charge is 0.387 e. The molecule has 0 radical (unpaired) electrons. The van der Waals surface area contributed by atoms with Crippen LogP contribution in [0.5, 0.6) is 46.4 Å². The molecule has 15 aromatic rings. The average Bonchev–Trinajstić information content (AvgIpc) is 1.75. The van der Waals surface area contributed by atoms with Crippen molar-refractivity contribution < 1.29 is 91.9 Å². The first-order chi connectivity index (χ1) is 66.1. The summed E-state index contributed by atoms with van der Waals surface area (Å²) in [5.41, 5.74) is 10.3. The van der Waals surface area contributed by atoms with Crippen LogP contribution >= 0.6 is 11.8 Å². The lowest BCUT2D eigenvalue weighted by Gasteiger charge is -2.36. The van der Waals surface area contributed by atoms with Crippen molar-refractivity contribution in [2.75, 3.05) is 92.7 Å². The number of urea groups is 4. The van der Waals surface area contributed by atoms with Crippen LogP contribution in [0.2, 0.25) is 0 Å². The molecule has 0 unspecified atom stereocenters. The number of carbonyl (C=O) groups is 4. The van der Waals surface area contributed by atoms with Gasteiger partial charge in [0.25, 0.3) is 6.43 Å². The van der Waals surface area contributed by atoms with Gasteiger partial charge in [0, 0.05) is 112 Å². The number of methoxy groups -OCH3 is 3. The fraction of sp³-hybridized carbons (Fsp3) is 0.219. The summed E-state index contributed by atoms with van der Waals surface area (Å²) in [6.07, 6.45) is 2.83. The first kappa shape index (κ1) is 87.4. The molecular weight excluding hydrogens is 1760 g/mol. The summed E-state index contributed by atoms with van der Waals surface area (Å²) >= 11 is 1.66. The minimum absolute atomic E-state index is 0.00153. The van der Waals surface area contributed by atoms with Crippen LogP contribution in [-0.2, 0) is 46.8 Å². The Kier molecular flexibility index (Phi) is 26.5.